The zero-order valence-electron chi connectivity index (χ0n) is 14.3. The molecule has 1 amide bonds. The zero-order valence-corrected chi connectivity index (χ0v) is 14.3. The predicted molar refractivity (Wildman–Crippen MR) is 96.9 cm³/mol. The number of hydrogen-bond acceptors (Lipinski definition) is 4. The molecule has 1 fully saturated rings. The van der Waals surface area contributed by atoms with Crippen molar-refractivity contribution in [1.82, 2.24) is 19.5 Å². The van der Waals surface area contributed by atoms with E-state index in [1.165, 1.54) is 5.69 Å². The van der Waals surface area contributed by atoms with Crippen molar-refractivity contribution >= 4 is 17.2 Å². The highest BCUT2D eigenvalue weighted by molar-refractivity contribution is 5.95. The van der Waals surface area contributed by atoms with Gasteiger partial charge in [0.15, 0.2) is 5.65 Å². The predicted octanol–water partition coefficient (Wildman–Crippen LogP) is 2.39. The van der Waals surface area contributed by atoms with Crippen LogP contribution in [0, 0.1) is 6.92 Å². The fraction of sp³-hybridized carbons (Fsp3) is 0.316. The Balaban J connectivity index is 1.53. The number of anilines is 1. The minimum absolute atomic E-state index is 0.0392. The van der Waals surface area contributed by atoms with Crippen LogP contribution in [-0.4, -0.2) is 51.6 Å². The molecule has 6 nitrogen and oxygen atoms in total. The van der Waals surface area contributed by atoms with Gasteiger partial charge in [-0.05, 0) is 25.5 Å². The van der Waals surface area contributed by atoms with Crippen molar-refractivity contribution in [2.75, 3.05) is 31.1 Å². The normalized spacial score (nSPS) is 15.4. The average molecular weight is 335 g/mol. The van der Waals surface area contributed by atoms with E-state index in [4.69, 9.17) is 0 Å². The molecule has 1 saturated heterocycles. The first kappa shape index (κ1) is 15.6. The molecule has 3 aromatic rings. The van der Waals surface area contributed by atoms with Gasteiger partial charge in [0.1, 0.15) is 0 Å². The van der Waals surface area contributed by atoms with Gasteiger partial charge in [-0.3, -0.25) is 4.79 Å². The number of carbonyl (C=O) groups excluding carboxylic acids is 1. The third-order valence-corrected chi connectivity index (χ3v) is 4.79. The average Bonchev–Trinajstić information content (AvgIpc) is 2.99. The van der Waals surface area contributed by atoms with E-state index < -0.39 is 0 Å². The monoisotopic (exact) mass is 335 g/mol. The van der Waals surface area contributed by atoms with E-state index in [1.54, 1.807) is 16.9 Å². The van der Waals surface area contributed by atoms with Crippen molar-refractivity contribution in [1.29, 1.82) is 0 Å². The summed E-state index contributed by atoms with van der Waals surface area (Å²) in [6, 6.07) is 12.2. The molecule has 1 aromatic carbocycles. The highest BCUT2D eigenvalue weighted by Crippen LogP contribution is 2.18. The summed E-state index contributed by atoms with van der Waals surface area (Å²) in [5, 5.41) is 4.25. The van der Waals surface area contributed by atoms with Crippen LogP contribution in [0.4, 0.5) is 5.69 Å². The van der Waals surface area contributed by atoms with Gasteiger partial charge in [0.2, 0.25) is 0 Å². The largest absolute Gasteiger partial charge is 0.370 e. The number of para-hydroxylation sites is 1. The fourth-order valence-corrected chi connectivity index (χ4v) is 3.39. The van der Waals surface area contributed by atoms with Crippen molar-refractivity contribution in [2.45, 2.75) is 13.3 Å². The number of benzene rings is 1. The number of hydrogen-bond donors (Lipinski definition) is 0. The molecule has 1 aliphatic rings. The maximum Gasteiger partial charge on any atom is 0.257 e. The van der Waals surface area contributed by atoms with Crippen LogP contribution >= 0.6 is 0 Å². The van der Waals surface area contributed by atoms with E-state index in [1.807, 2.05) is 24.0 Å². The molecule has 6 heteroatoms. The van der Waals surface area contributed by atoms with Crippen LogP contribution in [0.3, 0.4) is 0 Å². The van der Waals surface area contributed by atoms with Gasteiger partial charge in [-0.2, -0.15) is 5.10 Å². The Hall–Kier alpha value is -2.89. The van der Waals surface area contributed by atoms with Crippen LogP contribution in [0.2, 0.25) is 0 Å². The van der Waals surface area contributed by atoms with Crippen LogP contribution in [0.25, 0.3) is 5.65 Å². The molecule has 0 saturated carbocycles. The molecule has 128 valence electrons. The van der Waals surface area contributed by atoms with E-state index in [9.17, 15) is 4.79 Å². The molecule has 25 heavy (non-hydrogen) atoms. The van der Waals surface area contributed by atoms with Crippen LogP contribution in [-0.2, 0) is 0 Å². The Kier molecular flexibility index (Phi) is 4.09. The second kappa shape index (κ2) is 6.55. The molecular formula is C19H21N5O. The Labute approximate surface area is 146 Å². The van der Waals surface area contributed by atoms with Crippen LogP contribution in [0.5, 0.6) is 0 Å². The van der Waals surface area contributed by atoms with Crippen molar-refractivity contribution in [3.63, 3.8) is 0 Å². The van der Waals surface area contributed by atoms with Crippen molar-refractivity contribution < 1.29 is 4.79 Å². The summed E-state index contributed by atoms with van der Waals surface area (Å²) in [7, 11) is 0. The van der Waals surface area contributed by atoms with Crippen LogP contribution in [0.1, 0.15) is 22.5 Å². The van der Waals surface area contributed by atoms with Crippen molar-refractivity contribution in [3.8, 4) is 0 Å². The lowest BCUT2D eigenvalue weighted by atomic mass is 10.2. The molecule has 3 heterocycles. The Bertz CT molecular complexity index is 889. The van der Waals surface area contributed by atoms with Crippen LogP contribution in [0.15, 0.2) is 48.8 Å². The molecule has 4 rings (SSSR count). The lowest BCUT2D eigenvalue weighted by molar-refractivity contribution is 0.0765. The minimum Gasteiger partial charge on any atom is -0.370 e. The van der Waals surface area contributed by atoms with E-state index in [2.05, 4.69) is 39.2 Å². The molecule has 0 aliphatic carbocycles. The molecule has 2 aromatic heterocycles. The fourth-order valence-electron chi connectivity index (χ4n) is 3.39. The van der Waals surface area contributed by atoms with E-state index >= 15 is 0 Å². The van der Waals surface area contributed by atoms with Gasteiger partial charge in [0.25, 0.3) is 5.91 Å². The molecule has 1 aliphatic heterocycles. The topological polar surface area (TPSA) is 53.7 Å². The third kappa shape index (κ3) is 2.95. The molecular weight excluding hydrogens is 314 g/mol. The summed E-state index contributed by atoms with van der Waals surface area (Å²) in [4.78, 5) is 21.6. The SMILES string of the molecule is Cc1c(C(=O)N2CCCN(c3ccccc3)CC2)cnc2ccnn12. The molecule has 0 N–H and O–H groups in total. The van der Waals surface area contributed by atoms with Crippen molar-refractivity contribution in [3.05, 3.63) is 60.0 Å². The zero-order chi connectivity index (χ0) is 17.2. The molecule has 0 unspecified atom stereocenters. The molecule has 0 atom stereocenters. The van der Waals surface area contributed by atoms with Gasteiger partial charge in [-0.1, -0.05) is 18.2 Å². The van der Waals surface area contributed by atoms with Gasteiger partial charge in [-0.25, -0.2) is 9.50 Å². The Morgan fingerprint density at radius 2 is 1.88 bits per heavy atom. The number of aryl methyl sites for hydroxylation is 1. The number of nitrogens with zero attached hydrogens (tertiary/aromatic N) is 5. The summed E-state index contributed by atoms with van der Waals surface area (Å²) in [5.41, 5.74) is 3.45. The standard InChI is InChI=1S/C19H21N5O/c1-15-17(14-20-18-8-9-21-24(15)18)19(25)23-11-5-10-22(12-13-23)16-6-3-2-4-7-16/h2-4,6-9,14H,5,10-13H2,1H3. The lowest BCUT2D eigenvalue weighted by Crippen LogP contribution is -2.36. The summed E-state index contributed by atoms with van der Waals surface area (Å²) in [6.07, 6.45) is 4.33. The van der Waals surface area contributed by atoms with Gasteiger partial charge >= 0.3 is 0 Å². The quantitative estimate of drug-likeness (QED) is 0.722. The van der Waals surface area contributed by atoms with Crippen molar-refractivity contribution in [2.24, 2.45) is 0 Å². The first-order valence-electron chi connectivity index (χ1n) is 8.62. The van der Waals surface area contributed by atoms with Crippen LogP contribution < -0.4 is 4.90 Å². The second-order valence-corrected chi connectivity index (χ2v) is 6.33. The number of carbonyl (C=O) groups is 1. The lowest BCUT2D eigenvalue weighted by Gasteiger charge is -2.24. The maximum atomic E-state index is 13.0. The smallest absolute Gasteiger partial charge is 0.257 e. The molecule has 0 spiro atoms. The number of rotatable bonds is 2. The van der Waals surface area contributed by atoms with E-state index in [-0.39, 0.29) is 5.91 Å². The Morgan fingerprint density at radius 1 is 1.04 bits per heavy atom. The van der Waals surface area contributed by atoms with Gasteiger partial charge in [0, 0.05) is 44.1 Å². The van der Waals surface area contributed by atoms with E-state index in [0.717, 1.165) is 37.4 Å². The minimum atomic E-state index is 0.0392. The highest BCUT2D eigenvalue weighted by Gasteiger charge is 2.23. The third-order valence-electron chi connectivity index (χ3n) is 4.79. The number of aromatic nitrogens is 3. The first-order chi connectivity index (χ1) is 12.2. The Morgan fingerprint density at radius 3 is 2.72 bits per heavy atom. The summed E-state index contributed by atoms with van der Waals surface area (Å²) in [5.74, 6) is 0.0392. The summed E-state index contributed by atoms with van der Waals surface area (Å²) < 4.78 is 1.72. The highest BCUT2D eigenvalue weighted by atomic mass is 16.2. The number of amides is 1. The summed E-state index contributed by atoms with van der Waals surface area (Å²) in [6.45, 7) is 5.20. The van der Waals surface area contributed by atoms with Gasteiger partial charge in [0.05, 0.1) is 17.5 Å². The van der Waals surface area contributed by atoms with Gasteiger partial charge in [-0.15, -0.1) is 0 Å². The number of fused-ring (bicyclic) bond motifs is 1. The molecule has 0 bridgehead atoms. The van der Waals surface area contributed by atoms with Gasteiger partial charge < -0.3 is 9.80 Å². The molecule has 0 radical (unpaired) electrons. The second-order valence-electron chi connectivity index (χ2n) is 6.33. The summed E-state index contributed by atoms with van der Waals surface area (Å²) >= 11 is 0. The van der Waals surface area contributed by atoms with E-state index in [0.29, 0.717) is 12.1 Å². The maximum absolute atomic E-state index is 13.0. The first-order valence-corrected chi connectivity index (χ1v) is 8.62.